The first-order valence-corrected chi connectivity index (χ1v) is 5.66. The van der Waals surface area contributed by atoms with E-state index in [0.717, 1.165) is 0 Å². The fourth-order valence-corrected chi connectivity index (χ4v) is 2.45. The summed E-state index contributed by atoms with van der Waals surface area (Å²) in [6.07, 6.45) is 10.3. The van der Waals surface area contributed by atoms with Crippen LogP contribution in [0.25, 0.3) is 0 Å². The fourth-order valence-electron chi connectivity index (χ4n) is 2.26. The molecule has 14 heavy (non-hydrogen) atoms. The second-order valence-electron chi connectivity index (χ2n) is 4.08. The third-order valence-electron chi connectivity index (χ3n) is 2.97. The molecule has 0 N–H and O–H groups in total. The Morgan fingerprint density at radius 3 is 2.71 bits per heavy atom. The molecule has 3 heteroatoms. The summed E-state index contributed by atoms with van der Waals surface area (Å²) in [5, 5.41) is 0.715. The van der Waals surface area contributed by atoms with Crippen LogP contribution in [0.4, 0.5) is 0 Å². The van der Waals surface area contributed by atoms with E-state index in [1.807, 2.05) is 13.2 Å². The van der Waals surface area contributed by atoms with Gasteiger partial charge >= 0.3 is 5.82 Å². The molecule has 0 spiro atoms. The fraction of sp³-hybridized carbons (Fsp3) is 0.636. The lowest BCUT2D eigenvalue weighted by atomic mass is 9.88. The Morgan fingerprint density at radius 2 is 2.07 bits per heavy atom. The van der Waals surface area contributed by atoms with E-state index in [4.69, 9.17) is 11.6 Å². The second kappa shape index (κ2) is 4.26. The molecule has 0 amide bonds. The Hall–Kier alpha value is -0.630. The van der Waals surface area contributed by atoms with E-state index in [0.29, 0.717) is 10.9 Å². The minimum atomic E-state index is 0.644. The first-order chi connectivity index (χ1) is 6.77. The lowest BCUT2D eigenvalue weighted by Gasteiger charge is -2.17. The zero-order valence-electron chi connectivity index (χ0n) is 8.54. The predicted molar refractivity (Wildman–Crippen MR) is 56.2 cm³/mol. The van der Waals surface area contributed by atoms with Gasteiger partial charge in [0.2, 0.25) is 0 Å². The van der Waals surface area contributed by atoms with Crippen molar-refractivity contribution in [3.05, 3.63) is 23.2 Å². The lowest BCUT2D eigenvalue weighted by Crippen LogP contribution is -2.36. The van der Waals surface area contributed by atoms with Crippen molar-refractivity contribution in [1.29, 1.82) is 0 Å². The summed E-state index contributed by atoms with van der Waals surface area (Å²) >= 11 is 5.87. The largest absolute Gasteiger partial charge is 0.301 e. The number of nitrogens with zero attached hydrogens (tertiary/aromatic N) is 2. The van der Waals surface area contributed by atoms with E-state index < -0.39 is 0 Å². The molecule has 0 atom stereocenters. The Labute approximate surface area is 89.9 Å². The molecule has 0 aromatic carbocycles. The Kier molecular flexibility index (Phi) is 3.02. The highest BCUT2D eigenvalue weighted by Gasteiger charge is 2.24. The molecule has 0 radical (unpaired) electrons. The minimum Gasteiger partial charge on any atom is -0.236 e. The smallest absolute Gasteiger partial charge is 0.236 e. The highest BCUT2D eigenvalue weighted by atomic mass is 35.5. The van der Waals surface area contributed by atoms with Gasteiger partial charge in [0.1, 0.15) is 11.2 Å². The van der Waals surface area contributed by atoms with Crippen LogP contribution in [0.2, 0.25) is 5.02 Å². The van der Waals surface area contributed by atoms with Crippen molar-refractivity contribution in [3.8, 4) is 0 Å². The van der Waals surface area contributed by atoms with Crippen molar-refractivity contribution in [3.63, 3.8) is 0 Å². The average molecular weight is 212 g/mol. The van der Waals surface area contributed by atoms with Gasteiger partial charge in [-0.25, -0.2) is 4.57 Å². The molecule has 0 saturated heterocycles. The van der Waals surface area contributed by atoms with Crippen LogP contribution in [0, 0.1) is 0 Å². The van der Waals surface area contributed by atoms with Gasteiger partial charge < -0.3 is 0 Å². The molecule has 1 aromatic heterocycles. The van der Waals surface area contributed by atoms with Crippen LogP contribution in [0.1, 0.15) is 43.8 Å². The Morgan fingerprint density at radius 1 is 1.36 bits per heavy atom. The van der Waals surface area contributed by atoms with Gasteiger partial charge in [0.15, 0.2) is 6.20 Å². The second-order valence-corrected chi connectivity index (χ2v) is 4.51. The van der Waals surface area contributed by atoms with Crippen LogP contribution in [-0.2, 0) is 7.05 Å². The van der Waals surface area contributed by atoms with Gasteiger partial charge in [-0.3, -0.25) is 0 Å². The molecule has 1 aliphatic carbocycles. The van der Waals surface area contributed by atoms with E-state index in [1.165, 1.54) is 37.9 Å². The van der Waals surface area contributed by atoms with Crippen molar-refractivity contribution in [2.24, 2.45) is 7.05 Å². The number of aromatic nitrogens is 2. The minimum absolute atomic E-state index is 0.644. The molecule has 1 aromatic rings. The van der Waals surface area contributed by atoms with Gasteiger partial charge in [-0.15, -0.1) is 0 Å². The maximum atomic E-state index is 5.87. The molecule has 2 rings (SSSR count). The van der Waals surface area contributed by atoms with Crippen LogP contribution >= 0.6 is 11.6 Å². The van der Waals surface area contributed by atoms with Crippen LogP contribution in [-0.4, -0.2) is 4.98 Å². The average Bonchev–Trinajstić information content (AvgIpc) is 2.19. The normalized spacial score (nSPS) is 18.4. The van der Waals surface area contributed by atoms with Crippen LogP contribution in [0.3, 0.4) is 0 Å². The van der Waals surface area contributed by atoms with Crippen LogP contribution < -0.4 is 4.57 Å². The molecular formula is C11H16ClN2+. The number of hydrogen-bond donors (Lipinski definition) is 0. The molecule has 1 heterocycles. The molecule has 0 unspecified atom stereocenters. The van der Waals surface area contributed by atoms with E-state index in [1.54, 1.807) is 6.20 Å². The molecule has 0 bridgehead atoms. The molecule has 0 aliphatic heterocycles. The zero-order chi connectivity index (χ0) is 9.97. The maximum Gasteiger partial charge on any atom is 0.301 e. The lowest BCUT2D eigenvalue weighted by molar-refractivity contribution is -0.684. The summed E-state index contributed by atoms with van der Waals surface area (Å²) in [6, 6.07) is 0. The van der Waals surface area contributed by atoms with Gasteiger partial charge in [-0.05, 0) is 12.8 Å². The van der Waals surface area contributed by atoms with E-state index in [2.05, 4.69) is 9.55 Å². The quantitative estimate of drug-likeness (QED) is 0.653. The Balaban J connectivity index is 2.22. The third kappa shape index (κ3) is 2.06. The molecular weight excluding hydrogens is 196 g/mol. The number of halogens is 1. The van der Waals surface area contributed by atoms with Gasteiger partial charge in [-0.1, -0.05) is 35.8 Å². The van der Waals surface area contributed by atoms with Crippen molar-refractivity contribution >= 4 is 11.6 Å². The molecule has 1 aliphatic rings. The van der Waals surface area contributed by atoms with Crippen molar-refractivity contribution in [2.75, 3.05) is 0 Å². The summed E-state index contributed by atoms with van der Waals surface area (Å²) in [5.74, 6) is 1.83. The summed E-state index contributed by atoms with van der Waals surface area (Å²) in [5.41, 5.74) is 0. The topological polar surface area (TPSA) is 16.8 Å². The zero-order valence-corrected chi connectivity index (χ0v) is 9.30. The SMILES string of the molecule is C[n+]1cc(Cl)cnc1C1CCCCC1. The highest BCUT2D eigenvalue weighted by Crippen LogP contribution is 2.29. The van der Waals surface area contributed by atoms with E-state index in [9.17, 15) is 0 Å². The number of aryl methyl sites for hydroxylation is 1. The van der Waals surface area contributed by atoms with Gasteiger partial charge in [0.05, 0.1) is 13.0 Å². The molecule has 1 fully saturated rings. The van der Waals surface area contributed by atoms with Crippen LogP contribution in [0.15, 0.2) is 12.4 Å². The van der Waals surface area contributed by atoms with Crippen molar-refractivity contribution in [2.45, 2.75) is 38.0 Å². The molecule has 1 saturated carbocycles. The number of hydrogen-bond acceptors (Lipinski definition) is 1. The summed E-state index contributed by atoms with van der Waals surface area (Å²) in [4.78, 5) is 4.43. The van der Waals surface area contributed by atoms with Crippen molar-refractivity contribution in [1.82, 2.24) is 4.98 Å². The highest BCUT2D eigenvalue weighted by molar-refractivity contribution is 6.30. The van der Waals surface area contributed by atoms with E-state index in [-0.39, 0.29) is 0 Å². The summed E-state index contributed by atoms with van der Waals surface area (Å²) in [6.45, 7) is 0. The number of rotatable bonds is 1. The van der Waals surface area contributed by atoms with E-state index >= 15 is 0 Å². The first kappa shape index (κ1) is 9.91. The first-order valence-electron chi connectivity index (χ1n) is 5.28. The van der Waals surface area contributed by atoms with Crippen molar-refractivity contribution < 1.29 is 4.57 Å². The third-order valence-corrected chi connectivity index (χ3v) is 3.16. The van der Waals surface area contributed by atoms with Gasteiger partial charge in [0.25, 0.3) is 0 Å². The predicted octanol–water partition coefficient (Wildman–Crippen LogP) is 2.61. The monoisotopic (exact) mass is 211 g/mol. The molecule has 76 valence electrons. The Bertz CT molecular complexity index is 319. The van der Waals surface area contributed by atoms with Gasteiger partial charge in [-0.2, -0.15) is 0 Å². The molecule has 2 nitrogen and oxygen atoms in total. The standard InChI is InChI=1S/C11H16ClN2/c1-14-8-10(12)7-13-11(14)9-5-3-2-4-6-9/h7-9H,2-6H2,1H3/q+1. The summed E-state index contributed by atoms with van der Waals surface area (Å²) < 4.78 is 2.07. The summed E-state index contributed by atoms with van der Waals surface area (Å²) in [7, 11) is 2.03. The van der Waals surface area contributed by atoms with Gasteiger partial charge in [0, 0.05) is 0 Å². The van der Waals surface area contributed by atoms with Crippen LogP contribution in [0.5, 0.6) is 0 Å². The maximum absolute atomic E-state index is 5.87.